The molecule has 15 heavy (non-hydrogen) atoms. The van der Waals surface area contributed by atoms with Gasteiger partial charge in [0.1, 0.15) is 5.75 Å². The summed E-state index contributed by atoms with van der Waals surface area (Å²) in [5, 5.41) is 8.00. The third kappa shape index (κ3) is 2.13. The Labute approximate surface area is 88.7 Å². The fourth-order valence-electron chi connectivity index (χ4n) is 1.37. The van der Waals surface area contributed by atoms with Gasteiger partial charge in [0.05, 0.1) is 19.0 Å². The van der Waals surface area contributed by atoms with Crippen molar-refractivity contribution >= 4 is 0 Å². The summed E-state index contributed by atoms with van der Waals surface area (Å²) in [5.41, 5.74) is 3.04. The van der Waals surface area contributed by atoms with E-state index in [-0.39, 0.29) is 0 Å². The van der Waals surface area contributed by atoms with Gasteiger partial charge >= 0.3 is 0 Å². The molecule has 0 amide bonds. The molecule has 2 aromatic rings. The number of benzene rings is 1. The van der Waals surface area contributed by atoms with Crippen molar-refractivity contribution in [2.45, 2.75) is 6.92 Å². The van der Waals surface area contributed by atoms with Gasteiger partial charge in [0, 0.05) is 5.56 Å². The molecular formula is C12H12N2O. The molecule has 0 radical (unpaired) electrons. The molecule has 0 saturated carbocycles. The van der Waals surface area contributed by atoms with Crippen molar-refractivity contribution in [3.05, 3.63) is 42.1 Å². The largest absolute Gasteiger partial charge is 0.497 e. The molecule has 1 aromatic heterocycles. The summed E-state index contributed by atoms with van der Waals surface area (Å²) in [6.07, 6.45) is 1.74. The average molecular weight is 200 g/mol. The first-order chi connectivity index (χ1) is 7.29. The van der Waals surface area contributed by atoms with E-state index in [1.165, 1.54) is 0 Å². The Hall–Kier alpha value is -1.90. The number of ether oxygens (including phenoxy) is 1. The quantitative estimate of drug-likeness (QED) is 0.747. The lowest BCUT2D eigenvalue weighted by Crippen LogP contribution is -1.88. The van der Waals surface area contributed by atoms with Gasteiger partial charge in [-0.2, -0.15) is 10.2 Å². The van der Waals surface area contributed by atoms with Crippen LogP contribution in [0.25, 0.3) is 11.3 Å². The number of aryl methyl sites for hydroxylation is 1. The van der Waals surface area contributed by atoms with Crippen LogP contribution < -0.4 is 4.74 Å². The van der Waals surface area contributed by atoms with Crippen molar-refractivity contribution in [2.24, 2.45) is 0 Å². The summed E-state index contributed by atoms with van der Waals surface area (Å²) in [7, 11) is 1.65. The number of nitrogens with zero attached hydrogens (tertiary/aromatic N) is 2. The zero-order valence-corrected chi connectivity index (χ0v) is 8.77. The zero-order chi connectivity index (χ0) is 10.7. The molecule has 0 aliphatic carbocycles. The monoisotopic (exact) mass is 200 g/mol. The van der Waals surface area contributed by atoms with E-state index in [0.717, 1.165) is 22.6 Å². The Morgan fingerprint density at radius 3 is 2.47 bits per heavy atom. The Morgan fingerprint density at radius 1 is 1.13 bits per heavy atom. The van der Waals surface area contributed by atoms with E-state index in [4.69, 9.17) is 4.74 Å². The van der Waals surface area contributed by atoms with Gasteiger partial charge in [-0.05, 0) is 42.8 Å². The van der Waals surface area contributed by atoms with Gasteiger partial charge in [0.15, 0.2) is 0 Å². The Bertz CT molecular complexity index is 451. The maximum absolute atomic E-state index is 5.09. The molecule has 0 bridgehead atoms. The summed E-state index contributed by atoms with van der Waals surface area (Å²) >= 11 is 0. The van der Waals surface area contributed by atoms with E-state index >= 15 is 0 Å². The highest BCUT2D eigenvalue weighted by molar-refractivity contribution is 5.59. The third-order valence-electron chi connectivity index (χ3n) is 2.18. The van der Waals surface area contributed by atoms with E-state index in [0.29, 0.717) is 0 Å². The molecule has 0 atom stereocenters. The van der Waals surface area contributed by atoms with Gasteiger partial charge < -0.3 is 4.74 Å². The van der Waals surface area contributed by atoms with Crippen molar-refractivity contribution in [1.82, 2.24) is 10.2 Å². The van der Waals surface area contributed by atoms with E-state index in [1.54, 1.807) is 13.3 Å². The molecule has 1 heterocycles. The predicted molar refractivity (Wildman–Crippen MR) is 58.8 cm³/mol. The highest BCUT2D eigenvalue weighted by atomic mass is 16.5. The number of methoxy groups -OCH3 is 1. The van der Waals surface area contributed by atoms with E-state index in [2.05, 4.69) is 10.2 Å². The van der Waals surface area contributed by atoms with Crippen LogP contribution in [0.4, 0.5) is 0 Å². The van der Waals surface area contributed by atoms with Crippen molar-refractivity contribution in [3.8, 4) is 17.0 Å². The van der Waals surface area contributed by atoms with Crippen LogP contribution in [-0.2, 0) is 0 Å². The van der Waals surface area contributed by atoms with Crippen molar-refractivity contribution in [3.63, 3.8) is 0 Å². The van der Waals surface area contributed by atoms with Crippen LogP contribution in [0.1, 0.15) is 5.56 Å². The SMILES string of the molecule is COc1ccc(-c2cc(C)cnn2)cc1. The average Bonchev–Trinajstić information content (AvgIpc) is 2.29. The Morgan fingerprint density at radius 2 is 1.87 bits per heavy atom. The summed E-state index contributed by atoms with van der Waals surface area (Å²) in [4.78, 5) is 0. The predicted octanol–water partition coefficient (Wildman–Crippen LogP) is 2.46. The topological polar surface area (TPSA) is 35.0 Å². The van der Waals surface area contributed by atoms with Crippen molar-refractivity contribution in [2.75, 3.05) is 7.11 Å². The minimum atomic E-state index is 0.847. The summed E-state index contributed by atoms with van der Waals surface area (Å²) in [6.45, 7) is 2.00. The first-order valence-electron chi connectivity index (χ1n) is 4.73. The molecule has 3 heteroatoms. The van der Waals surface area contributed by atoms with Gasteiger partial charge in [-0.25, -0.2) is 0 Å². The summed E-state index contributed by atoms with van der Waals surface area (Å²) in [5.74, 6) is 0.847. The maximum Gasteiger partial charge on any atom is 0.118 e. The highest BCUT2D eigenvalue weighted by Gasteiger charge is 2.00. The van der Waals surface area contributed by atoms with Gasteiger partial charge in [0.2, 0.25) is 0 Å². The number of aromatic nitrogens is 2. The molecule has 2 rings (SSSR count). The minimum absolute atomic E-state index is 0.847. The molecule has 3 nitrogen and oxygen atoms in total. The van der Waals surface area contributed by atoms with E-state index < -0.39 is 0 Å². The van der Waals surface area contributed by atoms with E-state index in [1.807, 2.05) is 37.3 Å². The van der Waals surface area contributed by atoms with Gasteiger partial charge in [0.25, 0.3) is 0 Å². The summed E-state index contributed by atoms with van der Waals surface area (Å²) in [6, 6.07) is 9.79. The van der Waals surface area contributed by atoms with Gasteiger partial charge in [-0.1, -0.05) is 0 Å². The van der Waals surface area contributed by atoms with Crippen LogP contribution in [0.15, 0.2) is 36.5 Å². The van der Waals surface area contributed by atoms with Crippen molar-refractivity contribution < 1.29 is 4.74 Å². The molecule has 0 N–H and O–H groups in total. The first kappa shape index (κ1) is 9.65. The fraction of sp³-hybridized carbons (Fsp3) is 0.167. The minimum Gasteiger partial charge on any atom is -0.497 e. The van der Waals surface area contributed by atoms with E-state index in [9.17, 15) is 0 Å². The van der Waals surface area contributed by atoms with Crippen LogP contribution in [0.3, 0.4) is 0 Å². The normalized spacial score (nSPS) is 10.0. The van der Waals surface area contributed by atoms with Crippen LogP contribution in [-0.4, -0.2) is 17.3 Å². The molecule has 0 spiro atoms. The number of rotatable bonds is 2. The lowest BCUT2D eigenvalue weighted by molar-refractivity contribution is 0.415. The second-order valence-electron chi connectivity index (χ2n) is 3.35. The van der Waals surface area contributed by atoms with Crippen LogP contribution in [0, 0.1) is 6.92 Å². The van der Waals surface area contributed by atoms with Crippen LogP contribution in [0.2, 0.25) is 0 Å². The summed E-state index contributed by atoms with van der Waals surface area (Å²) < 4.78 is 5.09. The fourth-order valence-corrected chi connectivity index (χ4v) is 1.37. The lowest BCUT2D eigenvalue weighted by Gasteiger charge is -2.02. The standard InChI is InChI=1S/C12H12N2O/c1-9-7-12(14-13-8-9)10-3-5-11(15-2)6-4-10/h3-8H,1-2H3. The molecule has 1 aromatic carbocycles. The first-order valence-corrected chi connectivity index (χ1v) is 4.73. The lowest BCUT2D eigenvalue weighted by atomic mass is 10.1. The smallest absolute Gasteiger partial charge is 0.118 e. The number of hydrogen-bond acceptors (Lipinski definition) is 3. The second-order valence-corrected chi connectivity index (χ2v) is 3.35. The van der Waals surface area contributed by atoms with Crippen LogP contribution >= 0.6 is 0 Å². The molecule has 76 valence electrons. The molecular weight excluding hydrogens is 188 g/mol. The zero-order valence-electron chi connectivity index (χ0n) is 8.77. The Balaban J connectivity index is 2.37. The van der Waals surface area contributed by atoms with Crippen LogP contribution in [0.5, 0.6) is 5.75 Å². The van der Waals surface area contributed by atoms with Crippen molar-refractivity contribution in [1.29, 1.82) is 0 Å². The molecule has 0 aliphatic heterocycles. The molecule has 0 unspecified atom stereocenters. The van der Waals surface area contributed by atoms with Gasteiger partial charge in [-0.15, -0.1) is 0 Å². The third-order valence-corrected chi connectivity index (χ3v) is 2.18. The number of hydrogen-bond donors (Lipinski definition) is 0. The molecule has 0 fully saturated rings. The van der Waals surface area contributed by atoms with Gasteiger partial charge in [-0.3, -0.25) is 0 Å². The Kier molecular flexibility index (Phi) is 2.63. The molecule has 0 aliphatic rings. The maximum atomic E-state index is 5.09. The second kappa shape index (κ2) is 4.09. The highest BCUT2D eigenvalue weighted by Crippen LogP contribution is 2.20. The molecule has 0 saturated heterocycles.